The summed E-state index contributed by atoms with van der Waals surface area (Å²) in [6.45, 7) is 0. The fraction of sp³-hybridized carbons (Fsp3) is 0.750. The van der Waals surface area contributed by atoms with Crippen LogP contribution in [-0.4, -0.2) is 17.0 Å². The summed E-state index contributed by atoms with van der Waals surface area (Å²) >= 11 is 0. The first-order chi connectivity index (χ1) is 6.18. The lowest BCUT2D eigenvalue weighted by atomic mass is 9.71. The van der Waals surface area contributed by atoms with E-state index in [1.54, 1.807) is 0 Å². The average Bonchev–Trinajstić information content (AvgIpc) is 2.11. The predicted molar refractivity (Wildman–Crippen MR) is 49.4 cm³/mol. The third-order valence-corrected chi connectivity index (χ3v) is 3.45. The summed E-state index contributed by atoms with van der Waals surface area (Å²) in [6, 6.07) is -0.107. The molecule has 0 amide bonds. The summed E-state index contributed by atoms with van der Waals surface area (Å²) < 4.78 is 15.5. The van der Waals surface area contributed by atoms with E-state index in [1.165, 1.54) is 0 Å². The predicted octanol–water partition coefficient (Wildman–Crippen LogP) is 0.677. The minimum Gasteiger partial charge on any atom is -0.326 e. The zero-order valence-corrected chi connectivity index (χ0v) is 8.22. The molecule has 0 aromatic carbocycles. The summed E-state index contributed by atoms with van der Waals surface area (Å²) in [5.41, 5.74) is 5.90. The van der Waals surface area contributed by atoms with Gasteiger partial charge in [0.25, 0.3) is 0 Å². The Morgan fingerprint density at radius 3 is 2.46 bits per heavy atom. The molecule has 0 saturated heterocycles. The minimum absolute atomic E-state index is 0.107. The van der Waals surface area contributed by atoms with Gasteiger partial charge in [-0.15, -0.1) is 0 Å². The van der Waals surface area contributed by atoms with Crippen LogP contribution in [0.5, 0.6) is 0 Å². The van der Waals surface area contributed by atoms with Gasteiger partial charge in [-0.1, -0.05) is 12.2 Å². The topological polar surface area (TPSA) is 72.5 Å². The molecule has 0 spiro atoms. The summed E-state index contributed by atoms with van der Waals surface area (Å²) in [5, 5.41) is 0. The molecule has 3 N–H and O–H groups in total. The van der Waals surface area contributed by atoms with Gasteiger partial charge < -0.3 is 15.2 Å². The molecule has 1 fully saturated rings. The Balaban J connectivity index is 2.11. The monoisotopic (exact) mass is 203 g/mol. The summed E-state index contributed by atoms with van der Waals surface area (Å²) in [6.07, 6.45) is 6.02. The van der Waals surface area contributed by atoms with Crippen molar-refractivity contribution >= 4 is 8.25 Å². The van der Waals surface area contributed by atoms with Crippen molar-refractivity contribution in [1.29, 1.82) is 0 Å². The SMILES string of the molecule is NC1C2C=CC(CC2)C1O[PH](=O)O. The van der Waals surface area contributed by atoms with E-state index in [2.05, 4.69) is 12.2 Å². The van der Waals surface area contributed by atoms with Crippen LogP contribution in [-0.2, 0) is 9.09 Å². The second kappa shape index (κ2) is 3.54. The molecular weight excluding hydrogens is 189 g/mol. The molecule has 5 atom stereocenters. The van der Waals surface area contributed by atoms with Crippen LogP contribution in [0, 0.1) is 11.8 Å². The van der Waals surface area contributed by atoms with Gasteiger partial charge in [-0.3, -0.25) is 4.57 Å². The third kappa shape index (κ3) is 1.72. The number of hydrogen-bond acceptors (Lipinski definition) is 3. The van der Waals surface area contributed by atoms with Crippen LogP contribution in [0.3, 0.4) is 0 Å². The highest BCUT2D eigenvalue weighted by Crippen LogP contribution is 2.40. The van der Waals surface area contributed by atoms with Gasteiger partial charge in [-0.05, 0) is 18.8 Å². The summed E-state index contributed by atoms with van der Waals surface area (Å²) in [5.74, 6) is 0.567. The second-order valence-corrected chi connectivity index (χ2v) is 4.48. The minimum atomic E-state index is -2.85. The molecule has 1 saturated carbocycles. The normalized spacial score (nSPS) is 45.1. The van der Waals surface area contributed by atoms with Crippen LogP contribution in [0.1, 0.15) is 12.8 Å². The maximum atomic E-state index is 10.6. The smallest absolute Gasteiger partial charge is 0.316 e. The van der Waals surface area contributed by atoms with Gasteiger partial charge >= 0.3 is 8.25 Å². The molecule has 3 rings (SSSR count). The molecular formula is C8H14NO3P. The Hall–Kier alpha value is -0.150. The Morgan fingerprint density at radius 1 is 1.38 bits per heavy atom. The zero-order chi connectivity index (χ0) is 9.42. The maximum absolute atomic E-state index is 10.6. The summed E-state index contributed by atoms with van der Waals surface area (Å²) in [4.78, 5) is 8.69. The highest BCUT2D eigenvalue weighted by Gasteiger charge is 2.39. The van der Waals surface area contributed by atoms with Crippen LogP contribution < -0.4 is 5.73 Å². The van der Waals surface area contributed by atoms with Gasteiger partial charge in [0.15, 0.2) is 0 Å². The molecule has 3 aliphatic rings. The van der Waals surface area contributed by atoms with Crippen LogP contribution >= 0.6 is 8.25 Å². The van der Waals surface area contributed by atoms with Crippen LogP contribution in [0.2, 0.25) is 0 Å². The number of nitrogens with two attached hydrogens (primary N) is 1. The highest BCUT2D eigenvalue weighted by atomic mass is 31.1. The van der Waals surface area contributed by atoms with Crippen molar-refractivity contribution in [3.8, 4) is 0 Å². The van der Waals surface area contributed by atoms with Crippen molar-refractivity contribution in [1.82, 2.24) is 0 Å². The molecule has 0 radical (unpaired) electrons. The van der Waals surface area contributed by atoms with E-state index >= 15 is 0 Å². The standard InChI is InChI=1S/C8H14NO3P/c9-7-5-1-3-6(4-2-5)8(7)12-13(10)11/h1,3,5-8,13H,2,4,9H2,(H,10,11). The van der Waals surface area contributed by atoms with Gasteiger partial charge in [-0.25, -0.2) is 0 Å². The third-order valence-electron chi connectivity index (χ3n) is 2.97. The molecule has 0 aromatic heterocycles. The highest BCUT2D eigenvalue weighted by molar-refractivity contribution is 7.32. The van der Waals surface area contributed by atoms with Gasteiger partial charge in [0, 0.05) is 12.0 Å². The largest absolute Gasteiger partial charge is 0.326 e. The molecule has 74 valence electrons. The van der Waals surface area contributed by atoms with Crippen molar-refractivity contribution in [2.45, 2.75) is 25.0 Å². The first-order valence-electron chi connectivity index (χ1n) is 4.52. The Kier molecular flexibility index (Phi) is 2.56. The lowest BCUT2D eigenvalue weighted by Crippen LogP contribution is -2.51. The van der Waals surface area contributed by atoms with E-state index in [0.717, 1.165) is 12.8 Å². The zero-order valence-electron chi connectivity index (χ0n) is 7.22. The van der Waals surface area contributed by atoms with E-state index in [-0.39, 0.29) is 18.1 Å². The second-order valence-electron chi connectivity index (χ2n) is 3.72. The Morgan fingerprint density at radius 2 is 2.00 bits per heavy atom. The van der Waals surface area contributed by atoms with Crippen LogP contribution in [0.4, 0.5) is 0 Å². The first kappa shape index (κ1) is 9.41. The van der Waals surface area contributed by atoms with Gasteiger partial charge in [0.2, 0.25) is 0 Å². The number of rotatable bonds is 2. The molecule has 0 aliphatic heterocycles. The fourth-order valence-corrected chi connectivity index (χ4v) is 2.83. The molecule has 5 heteroatoms. The fourth-order valence-electron chi connectivity index (χ4n) is 2.27. The lowest BCUT2D eigenvalue weighted by Gasteiger charge is -2.42. The first-order valence-corrected chi connectivity index (χ1v) is 5.78. The van der Waals surface area contributed by atoms with Crippen molar-refractivity contribution < 1.29 is 14.0 Å². The molecule has 2 bridgehead atoms. The molecule has 4 nitrogen and oxygen atoms in total. The van der Waals surface area contributed by atoms with Gasteiger partial charge in [-0.2, -0.15) is 0 Å². The van der Waals surface area contributed by atoms with Gasteiger partial charge in [0.05, 0.1) is 6.10 Å². The quantitative estimate of drug-likeness (QED) is 0.511. The Bertz CT molecular complexity index is 256. The van der Waals surface area contributed by atoms with Crippen molar-refractivity contribution in [3.63, 3.8) is 0 Å². The molecule has 0 aromatic rings. The lowest BCUT2D eigenvalue weighted by molar-refractivity contribution is 0.0628. The van der Waals surface area contributed by atoms with Crippen molar-refractivity contribution in [3.05, 3.63) is 12.2 Å². The van der Waals surface area contributed by atoms with E-state index in [0.29, 0.717) is 5.92 Å². The van der Waals surface area contributed by atoms with E-state index < -0.39 is 8.25 Å². The molecule has 3 aliphatic carbocycles. The summed E-state index contributed by atoms with van der Waals surface area (Å²) in [7, 11) is -2.85. The van der Waals surface area contributed by atoms with E-state index in [1.807, 2.05) is 0 Å². The average molecular weight is 203 g/mol. The van der Waals surface area contributed by atoms with E-state index in [4.69, 9.17) is 15.2 Å². The van der Waals surface area contributed by atoms with Crippen LogP contribution in [0.15, 0.2) is 12.2 Å². The Labute approximate surface area is 77.7 Å². The molecule has 5 unspecified atom stereocenters. The number of hydrogen-bond donors (Lipinski definition) is 2. The molecule has 13 heavy (non-hydrogen) atoms. The maximum Gasteiger partial charge on any atom is 0.316 e. The van der Waals surface area contributed by atoms with Crippen molar-refractivity contribution in [2.75, 3.05) is 0 Å². The number of fused-ring (bicyclic) bond motifs is 2. The van der Waals surface area contributed by atoms with Crippen molar-refractivity contribution in [2.24, 2.45) is 17.6 Å². The molecule has 0 heterocycles. The van der Waals surface area contributed by atoms with Gasteiger partial charge in [0.1, 0.15) is 0 Å². The van der Waals surface area contributed by atoms with E-state index in [9.17, 15) is 4.57 Å². The van der Waals surface area contributed by atoms with Crippen LogP contribution in [0.25, 0.3) is 0 Å².